The first-order chi connectivity index (χ1) is 9.10. The molecule has 1 unspecified atom stereocenters. The van der Waals surface area contributed by atoms with Crippen LogP contribution in [0.2, 0.25) is 4.34 Å². The first kappa shape index (κ1) is 13.7. The lowest BCUT2D eigenvalue weighted by Crippen LogP contribution is -2.27. The van der Waals surface area contributed by atoms with Gasteiger partial charge in [-0.15, -0.1) is 11.3 Å². The highest BCUT2D eigenvalue weighted by Crippen LogP contribution is 2.26. The highest BCUT2D eigenvalue weighted by molar-refractivity contribution is 7.16. The van der Waals surface area contributed by atoms with E-state index in [1.54, 1.807) is 6.07 Å². The van der Waals surface area contributed by atoms with Crippen molar-refractivity contribution in [2.24, 2.45) is 5.84 Å². The van der Waals surface area contributed by atoms with Gasteiger partial charge in [-0.2, -0.15) is 0 Å². The summed E-state index contributed by atoms with van der Waals surface area (Å²) in [5.74, 6) is 5.23. The number of thiophene rings is 1. The number of nitrogen functional groups attached to an aromatic ring is 1. The molecule has 0 radical (unpaired) electrons. The molecule has 19 heavy (non-hydrogen) atoms. The van der Waals surface area contributed by atoms with Gasteiger partial charge in [0.2, 0.25) is 0 Å². The molecule has 1 atom stereocenters. The molecule has 0 bridgehead atoms. The van der Waals surface area contributed by atoms with Gasteiger partial charge in [0.25, 0.3) is 5.91 Å². The first-order valence-corrected chi connectivity index (χ1v) is 6.64. The first-order valence-electron chi connectivity index (χ1n) is 5.45. The predicted octanol–water partition coefficient (Wildman–Crippen LogP) is 1.97. The zero-order chi connectivity index (χ0) is 13.8. The van der Waals surface area contributed by atoms with Crippen LogP contribution in [0.1, 0.15) is 28.3 Å². The van der Waals surface area contributed by atoms with Crippen LogP contribution < -0.4 is 16.6 Å². The summed E-state index contributed by atoms with van der Waals surface area (Å²) in [6, 6.07) is 3.52. The number of nitrogens with two attached hydrogens (primary N) is 1. The van der Waals surface area contributed by atoms with Crippen LogP contribution in [-0.4, -0.2) is 15.9 Å². The third-order valence-electron chi connectivity index (χ3n) is 2.38. The van der Waals surface area contributed by atoms with Crippen LogP contribution >= 0.6 is 22.9 Å². The summed E-state index contributed by atoms with van der Waals surface area (Å²) in [6.07, 6.45) is 2.81. The van der Waals surface area contributed by atoms with Crippen LogP contribution in [0.3, 0.4) is 0 Å². The van der Waals surface area contributed by atoms with E-state index >= 15 is 0 Å². The van der Waals surface area contributed by atoms with Crippen molar-refractivity contribution in [3.05, 3.63) is 39.4 Å². The number of nitrogens with zero attached hydrogens (tertiary/aromatic N) is 2. The van der Waals surface area contributed by atoms with Crippen molar-refractivity contribution in [3.8, 4) is 0 Å². The van der Waals surface area contributed by atoms with Gasteiger partial charge in [-0.25, -0.2) is 10.8 Å². The monoisotopic (exact) mass is 297 g/mol. The van der Waals surface area contributed by atoms with Crippen LogP contribution in [-0.2, 0) is 0 Å². The Morgan fingerprint density at radius 3 is 2.89 bits per heavy atom. The van der Waals surface area contributed by atoms with Crippen LogP contribution in [0.4, 0.5) is 5.82 Å². The number of rotatable bonds is 4. The van der Waals surface area contributed by atoms with E-state index in [1.165, 1.54) is 23.7 Å². The number of carbonyl (C=O) groups is 1. The largest absolute Gasteiger partial charge is 0.343 e. The van der Waals surface area contributed by atoms with Gasteiger partial charge in [-0.1, -0.05) is 11.6 Å². The van der Waals surface area contributed by atoms with E-state index in [0.717, 1.165) is 4.88 Å². The van der Waals surface area contributed by atoms with Gasteiger partial charge in [-0.05, 0) is 19.1 Å². The van der Waals surface area contributed by atoms with Gasteiger partial charge >= 0.3 is 0 Å². The van der Waals surface area contributed by atoms with E-state index < -0.39 is 0 Å². The normalized spacial score (nSPS) is 11.9. The summed E-state index contributed by atoms with van der Waals surface area (Å²) >= 11 is 7.28. The van der Waals surface area contributed by atoms with E-state index in [0.29, 0.717) is 10.2 Å². The third-order valence-corrected chi connectivity index (χ3v) is 3.80. The summed E-state index contributed by atoms with van der Waals surface area (Å²) in [4.78, 5) is 20.9. The molecule has 1 amide bonds. The summed E-state index contributed by atoms with van der Waals surface area (Å²) in [5.41, 5.74) is 2.54. The SMILES string of the molecule is CC(NC(=O)c1cncc(NN)n1)c1ccc(Cl)s1. The third kappa shape index (κ3) is 3.40. The highest BCUT2D eigenvalue weighted by atomic mass is 35.5. The number of amides is 1. The highest BCUT2D eigenvalue weighted by Gasteiger charge is 2.14. The van der Waals surface area contributed by atoms with Crippen molar-refractivity contribution >= 4 is 34.7 Å². The Balaban J connectivity index is 2.08. The predicted molar refractivity (Wildman–Crippen MR) is 75.1 cm³/mol. The molecule has 0 aliphatic rings. The van der Waals surface area contributed by atoms with Crippen molar-refractivity contribution in [1.82, 2.24) is 15.3 Å². The van der Waals surface area contributed by atoms with Crippen LogP contribution in [0.15, 0.2) is 24.5 Å². The minimum Gasteiger partial charge on any atom is -0.343 e. The van der Waals surface area contributed by atoms with E-state index in [2.05, 4.69) is 20.7 Å². The summed E-state index contributed by atoms with van der Waals surface area (Å²) in [5, 5.41) is 2.82. The van der Waals surface area contributed by atoms with Gasteiger partial charge < -0.3 is 10.7 Å². The molecule has 8 heteroatoms. The molecule has 0 saturated carbocycles. The number of halogens is 1. The lowest BCUT2D eigenvalue weighted by molar-refractivity contribution is 0.0935. The Bertz CT molecular complexity index is 588. The molecule has 0 spiro atoms. The fraction of sp³-hybridized carbons (Fsp3) is 0.182. The minimum atomic E-state index is -0.318. The molecule has 4 N–H and O–H groups in total. The van der Waals surface area contributed by atoms with Crippen molar-refractivity contribution in [1.29, 1.82) is 0 Å². The Morgan fingerprint density at radius 2 is 2.26 bits per heavy atom. The van der Waals surface area contributed by atoms with Crippen molar-refractivity contribution < 1.29 is 4.79 Å². The second-order valence-electron chi connectivity index (χ2n) is 3.77. The van der Waals surface area contributed by atoms with Crippen molar-refractivity contribution in [2.45, 2.75) is 13.0 Å². The topological polar surface area (TPSA) is 92.9 Å². The Morgan fingerprint density at radius 1 is 1.47 bits per heavy atom. The Labute approximate surface area is 119 Å². The number of nitrogens with one attached hydrogen (secondary N) is 2. The molecule has 6 nitrogen and oxygen atoms in total. The quantitative estimate of drug-likeness (QED) is 0.592. The molecular weight excluding hydrogens is 286 g/mol. The maximum absolute atomic E-state index is 12.0. The molecule has 0 saturated heterocycles. The second kappa shape index (κ2) is 5.96. The molecule has 0 aliphatic carbocycles. The molecule has 100 valence electrons. The Kier molecular flexibility index (Phi) is 4.31. The molecule has 0 aliphatic heterocycles. The maximum Gasteiger partial charge on any atom is 0.272 e. The molecule has 2 aromatic heterocycles. The zero-order valence-electron chi connectivity index (χ0n) is 10.1. The molecular formula is C11H12ClN5OS. The lowest BCUT2D eigenvalue weighted by atomic mass is 10.2. The number of hydrazine groups is 1. The van der Waals surface area contributed by atoms with E-state index in [4.69, 9.17) is 17.4 Å². The van der Waals surface area contributed by atoms with Crippen LogP contribution in [0.25, 0.3) is 0 Å². The fourth-order valence-corrected chi connectivity index (χ4v) is 2.51. The standard InChI is InChI=1S/C11H12ClN5OS/c1-6(8-2-3-9(12)19-8)15-11(18)7-4-14-5-10(16-7)17-13/h2-6H,13H2,1H3,(H,15,18)(H,16,17). The second-order valence-corrected chi connectivity index (χ2v) is 5.52. The fourth-order valence-electron chi connectivity index (χ4n) is 1.45. The zero-order valence-corrected chi connectivity index (χ0v) is 11.6. The summed E-state index contributed by atoms with van der Waals surface area (Å²) < 4.78 is 0.685. The number of anilines is 1. The number of hydrogen-bond donors (Lipinski definition) is 3. The number of hydrogen-bond acceptors (Lipinski definition) is 6. The molecule has 2 rings (SSSR count). The van der Waals surface area contributed by atoms with Gasteiger partial charge in [-0.3, -0.25) is 9.78 Å². The summed E-state index contributed by atoms with van der Waals surface area (Å²) in [7, 11) is 0. The number of aromatic nitrogens is 2. The van der Waals surface area contributed by atoms with Crippen molar-refractivity contribution in [3.63, 3.8) is 0 Å². The maximum atomic E-state index is 12.0. The van der Waals surface area contributed by atoms with E-state index in [9.17, 15) is 4.79 Å². The average molecular weight is 298 g/mol. The molecule has 2 heterocycles. The van der Waals surface area contributed by atoms with Gasteiger partial charge in [0.1, 0.15) is 5.69 Å². The van der Waals surface area contributed by atoms with Crippen LogP contribution in [0.5, 0.6) is 0 Å². The van der Waals surface area contributed by atoms with Gasteiger partial charge in [0.05, 0.1) is 22.8 Å². The summed E-state index contributed by atoms with van der Waals surface area (Å²) in [6.45, 7) is 1.87. The number of carbonyl (C=O) groups excluding carboxylic acids is 1. The minimum absolute atomic E-state index is 0.152. The average Bonchev–Trinajstić information content (AvgIpc) is 2.85. The van der Waals surface area contributed by atoms with Gasteiger partial charge in [0.15, 0.2) is 5.82 Å². The molecule has 0 fully saturated rings. The van der Waals surface area contributed by atoms with Crippen LogP contribution in [0, 0.1) is 0 Å². The smallest absolute Gasteiger partial charge is 0.272 e. The molecule has 0 aromatic carbocycles. The van der Waals surface area contributed by atoms with Crippen molar-refractivity contribution in [2.75, 3.05) is 5.43 Å². The van der Waals surface area contributed by atoms with E-state index in [1.807, 2.05) is 13.0 Å². The van der Waals surface area contributed by atoms with E-state index in [-0.39, 0.29) is 17.6 Å². The van der Waals surface area contributed by atoms with Gasteiger partial charge in [0, 0.05) is 4.88 Å². The Hall–Kier alpha value is -1.70. The lowest BCUT2D eigenvalue weighted by Gasteiger charge is -2.11. The molecule has 2 aromatic rings.